The first-order valence-electron chi connectivity index (χ1n) is 5.31. The minimum absolute atomic E-state index is 0.284. The third-order valence-electron chi connectivity index (χ3n) is 2.31. The molecule has 0 heterocycles. The lowest BCUT2D eigenvalue weighted by Crippen LogP contribution is -2.21. The third-order valence-corrected chi connectivity index (χ3v) is 2.31. The van der Waals surface area contributed by atoms with Gasteiger partial charge >= 0.3 is 12.3 Å². The molecule has 7 heteroatoms. The van der Waals surface area contributed by atoms with Crippen molar-refractivity contribution >= 4 is 11.8 Å². The van der Waals surface area contributed by atoms with E-state index in [1.807, 2.05) is 0 Å². The second kappa shape index (κ2) is 5.73. The highest BCUT2D eigenvalue weighted by Crippen LogP contribution is 2.28. The maximum atomic E-state index is 12.2. The lowest BCUT2D eigenvalue weighted by Gasteiger charge is -2.14. The zero-order valence-electron chi connectivity index (χ0n) is 9.90. The van der Waals surface area contributed by atoms with Crippen molar-refractivity contribution in [3.8, 4) is 5.75 Å². The van der Waals surface area contributed by atoms with Crippen molar-refractivity contribution in [1.29, 1.82) is 0 Å². The number of Topliss-reactive ketones (excluding diaryl/α,β-unsaturated/α-hetero) is 1. The van der Waals surface area contributed by atoms with E-state index in [1.54, 1.807) is 0 Å². The Morgan fingerprint density at radius 2 is 1.89 bits per heavy atom. The molecule has 19 heavy (non-hydrogen) atoms. The Bertz CT molecular complexity index is 482. The summed E-state index contributed by atoms with van der Waals surface area (Å²) < 4.78 is 40.2. The SMILES string of the molecule is CC(CC(=O)O)C(=O)c1ccccc1OC(F)(F)F. The summed E-state index contributed by atoms with van der Waals surface area (Å²) in [6, 6.07) is 4.85. The number of benzene rings is 1. The molecule has 1 unspecified atom stereocenters. The molecule has 1 N–H and O–H groups in total. The van der Waals surface area contributed by atoms with E-state index in [4.69, 9.17) is 5.11 Å². The molecule has 104 valence electrons. The topological polar surface area (TPSA) is 63.6 Å². The van der Waals surface area contributed by atoms with Crippen molar-refractivity contribution in [3.05, 3.63) is 29.8 Å². The molecule has 0 aliphatic rings. The second-order valence-electron chi connectivity index (χ2n) is 3.91. The molecule has 0 saturated heterocycles. The van der Waals surface area contributed by atoms with Crippen LogP contribution >= 0.6 is 0 Å². The van der Waals surface area contributed by atoms with Crippen LogP contribution in [0.3, 0.4) is 0 Å². The van der Waals surface area contributed by atoms with Gasteiger partial charge in [0.2, 0.25) is 0 Å². The molecule has 0 fully saturated rings. The number of carbonyl (C=O) groups excluding carboxylic acids is 1. The van der Waals surface area contributed by atoms with Crippen molar-refractivity contribution in [2.24, 2.45) is 5.92 Å². The highest BCUT2D eigenvalue weighted by molar-refractivity contribution is 6.01. The van der Waals surface area contributed by atoms with Crippen molar-refractivity contribution < 1.29 is 32.6 Å². The number of ether oxygens (including phenoxy) is 1. The van der Waals surface area contributed by atoms with E-state index in [0.717, 1.165) is 6.07 Å². The smallest absolute Gasteiger partial charge is 0.481 e. The van der Waals surface area contributed by atoms with E-state index in [2.05, 4.69) is 4.74 Å². The predicted octanol–water partition coefficient (Wildman–Crippen LogP) is 2.88. The van der Waals surface area contributed by atoms with Crippen LogP contribution in [-0.4, -0.2) is 23.2 Å². The zero-order chi connectivity index (χ0) is 14.6. The molecule has 1 aromatic rings. The average molecular weight is 276 g/mol. The second-order valence-corrected chi connectivity index (χ2v) is 3.91. The fraction of sp³-hybridized carbons (Fsp3) is 0.333. The number of hydrogen-bond donors (Lipinski definition) is 1. The number of carbonyl (C=O) groups is 2. The average Bonchev–Trinajstić information content (AvgIpc) is 2.25. The summed E-state index contributed by atoms with van der Waals surface area (Å²) in [4.78, 5) is 22.4. The van der Waals surface area contributed by atoms with Crippen LogP contribution in [0.4, 0.5) is 13.2 Å². The van der Waals surface area contributed by atoms with Crippen molar-refractivity contribution in [2.45, 2.75) is 19.7 Å². The number of ketones is 1. The van der Waals surface area contributed by atoms with Crippen LogP contribution in [0.25, 0.3) is 0 Å². The Morgan fingerprint density at radius 1 is 1.32 bits per heavy atom. The highest BCUT2D eigenvalue weighted by atomic mass is 19.4. The lowest BCUT2D eigenvalue weighted by molar-refractivity contribution is -0.274. The molecule has 4 nitrogen and oxygen atoms in total. The third kappa shape index (κ3) is 4.61. The van der Waals surface area contributed by atoms with Crippen molar-refractivity contribution in [1.82, 2.24) is 0 Å². The van der Waals surface area contributed by atoms with E-state index < -0.39 is 36.2 Å². The Labute approximate surface area is 106 Å². The number of hydrogen-bond acceptors (Lipinski definition) is 3. The molecule has 1 aromatic carbocycles. The monoisotopic (exact) mass is 276 g/mol. The fourth-order valence-electron chi connectivity index (χ4n) is 1.50. The molecule has 1 rings (SSSR count). The normalized spacial score (nSPS) is 12.8. The molecule has 0 spiro atoms. The number of alkyl halides is 3. The highest BCUT2D eigenvalue weighted by Gasteiger charge is 2.33. The van der Waals surface area contributed by atoms with E-state index in [-0.39, 0.29) is 5.56 Å². The first kappa shape index (κ1) is 15.0. The molecule has 1 atom stereocenters. The summed E-state index contributed by atoms with van der Waals surface area (Å²) >= 11 is 0. The van der Waals surface area contributed by atoms with Crippen LogP contribution in [0, 0.1) is 5.92 Å². The summed E-state index contributed by atoms with van der Waals surface area (Å²) in [5.41, 5.74) is -0.284. The summed E-state index contributed by atoms with van der Waals surface area (Å²) in [6.45, 7) is 1.33. The van der Waals surface area contributed by atoms with E-state index >= 15 is 0 Å². The Kier molecular flexibility index (Phi) is 4.52. The quantitative estimate of drug-likeness (QED) is 0.840. The maximum Gasteiger partial charge on any atom is 0.573 e. The zero-order valence-corrected chi connectivity index (χ0v) is 9.90. The number of aliphatic carboxylic acids is 1. The van der Waals surface area contributed by atoms with Crippen molar-refractivity contribution in [3.63, 3.8) is 0 Å². The van der Waals surface area contributed by atoms with Gasteiger partial charge in [0.25, 0.3) is 0 Å². The standard InChI is InChI=1S/C12H11F3O4/c1-7(6-10(16)17)11(18)8-4-2-3-5-9(8)19-12(13,14)15/h2-5,7H,6H2,1H3,(H,16,17). The molecule has 0 radical (unpaired) electrons. The van der Waals surface area contributed by atoms with Gasteiger partial charge in [-0.3, -0.25) is 9.59 Å². The summed E-state index contributed by atoms with van der Waals surface area (Å²) in [5, 5.41) is 8.57. The number of carboxylic acids is 1. The van der Waals surface area contributed by atoms with Gasteiger partial charge in [0.05, 0.1) is 12.0 Å². The minimum Gasteiger partial charge on any atom is -0.481 e. The first-order chi connectivity index (χ1) is 8.70. The fourth-order valence-corrected chi connectivity index (χ4v) is 1.50. The first-order valence-corrected chi connectivity index (χ1v) is 5.31. The van der Waals surface area contributed by atoms with Gasteiger partial charge in [-0.05, 0) is 12.1 Å². The summed E-state index contributed by atoms with van der Waals surface area (Å²) in [6.07, 6.45) is -5.37. The van der Waals surface area contributed by atoms with Crippen LogP contribution in [0.15, 0.2) is 24.3 Å². The number of rotatable bonds is 5. The summed E-state index contributed by atoms with van der Waals surface area (Å²) in [7, 11) is 0. The van der Waals surface area contributed by atoms with Gasteiger partial charge in [-0.1, -0.05) is 19.1 Å². The Morgan fingerprint density at radius 3 is 2.42 bits per heavy atom. The molecular weight excluding hydrogens is 265 g/mol. The van der Waals surface area contributed by atoms with Crippen LogP contribution in [-0.2, 0) is 4.79 Å². The molecule has 0 amide bonds. The summed E-state index contributed by atoms with van der Waals surface area (Å²) in [5.74, 6) is -3.47. The van der Waals surface area contributed by atoms with Gasteiger partial charge in [0.15, 0.2) is 5.78 Å². The number of carboxylic acid groups (broad SMARTS) is 1. The maximum absolute atomic E-state index is 12.2. The van der Waals surface area contributed by atoms with Crippen LogP contribution in [0.2, 0.25) is 0 Å². The van der Waals surface area contributed by atoms with Crippen molar-refractivity contribution in [2.75, 3.05) is 0 Å². The van der Waals surface area contributed by atoms with Crippen LogP contribution in [0.1, 0.15) is 23.7 Å². The van der Waals surface area contributed by atoms with Gasteiger partial charge < -0.3 is 9.84 Å². The van der Waals surface area contributed by atoms with Gasteiger partial charge in [-0.2, -0.15) is 0 Å². The van der Waals surface area contributed by atoms with Crippen LogP contribution < -0.4 is 4.74 Å². The molecular formula is C12H11F3O4. The van der Waals surface area contributed by atoms with E-state index in [0.29, 0.717) is 0 Å². The Balaban J connectivity index is 3.00. The Hall–Kier alpha value is -2.05. The van der Waals surface area contributed by atoms with Crippen LogP contribution in [0.5, 0.6) is 5.75 Å². The number of para-hydroxylation sites is 1. The van der Waals surface area contributed by atoms with E-state index in [9.17, 15) is 22.8 Å². The van der Waals surface area contributed by atoms with Gasteiger partial charge in [-0.25, -0.2) is 0 Å². The lowest BCUT2D eigenvalue weighted by atomic mass is 9.96. The predicted molar refractivity (Wildman–Crippen MR) is 58.9 cm³/mol. The largest absolute Gasteiger partial charge is 0.573 e. The minimum atomic E-state index is -4.91. The molecule has 0 saturated carbocycles. The van der Waals surface area contributed by atoms with E-state index in [1.165, 1.54) is 25.1 Å². The molecule has 0 aromatic heterocycles. The molecule has 0 bridgehead atoms. The van der Waals surface area contributed by atoms with Gasteiger partial charge in [0, 0.05) is 5.92 Å². The number of halogens is 3. The molecule has 0 aliphatic heterocycles. The molecule has 0 aliphatic carbocycles. The van der Waals surface area contributed by atoms with Gasteiger partial charge in [0.1, 0.15) is 5.75 Å². The van der Waals surface area contributed by atoms with Gasteiger partial charge in [-0.15, -0.1) is 13.2 Å².